The molecule has 1 atom stereocenters. The molecule has 0 saturated heterocycles. The zero-order valence-electron chi connectivity index (χ0n) is 10.6. The summed E-state index contributed by atoms with van der Waals surface area (Å²) in [6.07, 6.45) is 4.44. The predicted octanol–water partition coefficient (Wildman–Crippen LogP) is 1.57. The highest BCUT2D eigenvalue weighted by atomic mass is 16.5. The minimum atomic E-state index is 0.0255. The van der Waals surface area contributed by atoms with E-state index in [1.54, 1.807) is 6.20 Å². The summed E-state index contributed by atoms with van der Waals surface area (Å²) in [4.78, 5) is 6.58. The first-order valence-corrected chi connectivity index (χ1v) is 6.21. The lowest BCUT2D eigenvalue weighted by Crippen LogP contribution is -2.26. The number of pyridine rings is 1. The Bertz CT molecular complexity index is 346. The smallest absolute Gasteiger partial charge is 0.213 e. The van der Waals surface area contributed by atoms with Gasteiger partial charge in [-0.3, -0.25) is 0 Å². The summed E-state index contributed by atoms with van der Waals surface area (Å²) in [6, 6.07) is 4.66. The van der Waals surface area contributed by atoms with Gasteiger partial charge in [0, 0.05) is 30.9 Å². The van der Waals surface area contributed by atoms with E-state index in [2.05, 4.69) is 16.9 Å². The van der Waals surface area contributed by atoms with E-state index < -0.39 is 0 Å². The van der Waals surface area contributed by atoms with E-state index in [4.69, 9.17) is 10.5 Å². The van der Waals surface area contributed by atoms with Crippen LogP contribution in [0.3, 0.4) is 0 Å². The molecule has 1 fully saturated rings. The van der Waals surface area contributed by atoms with Crippen molar-refractivity contribution in [3.05, 3.63) is 23.9 Å². The molecule has 0 bridgehead atoms. The van der Waals surface area contributed by atoms with Crippen molar-refractivity contribution >= 4 is 0 Å². The maximum Gasteiger partial charge on any atom is 0.213 e. The van der Waals surface area contributed by atoms with Crippen molar-refractivity contribution in [1.82, 2.24) is 9.88 Å². The van der Waals surface area contributed by atoms with Crippen LogP contribution in [0.4, 0.5) is 0 Å². The van der Waals surface area contributed by atoms with Crippen molar-refractivity contribution in [2.75, 3.05) is 20.2 Å². The van der Waals surface area contributed by atoms with Crippen molar-refractivity contribution in [3.63, 3.8) is 0 Å². The first kappa shape index (κ1) is 12.3. The Balaban J connectivity index is 1.74. The third kappa shape index (κ3) is 3.68. The fraction of sp³-hybridized carbons (Fsp3) is 0.615. The van der Waals surface area contributed by atoms with Crippen molar-refractivity contribution in [3.8, 4) is 5.88 Å². The van der Waals surface area contributed by atoms with Crippen LogP contribution in [0, 0.1) is 0 Å². The van der Waals surface area contributed by atoms with Gasteiger partial charge in [-0.1, -0.05) is 6.07 Å². The van der Waals surface area contributed by atoms with E-state index in [-0.39, 0.29) is 6.04 Å². The Morgan fingerprint density at radius 3 is 2.82 bits per heavy atom. The van der Waals surface area contributed by atoms with Crippen LogP contribution in [0.2, 0.25) is 0 Å². The second kappa shape index (κ2) is 5.47. The van der Waals surface area contributed by atoms with Crippen LogP contribution >= 0.6 is 0 Å². The van der Waals surface area contributed by atoms with Crippen LogP contribution in [0.15, 0.2) is 18.3 Å². The number of nitrogens with zero attached hydrogens (tertiary/aromatic N) is 2. The SMILES string of the molecule is C[C@H](N)c1ccc(OCCN(C)C2CC2)nc1. The fourth-order valence-electron chi connectivity index (χ4n) is 1.74. The number of hydrogen-bond donors (Lipinski definition) is 1. The largest absolute Gasteiger partial charge is 0.476 e. The minimum absolute atomic E-state index is 0.0255. The van der Waals surface area contributed by atoms with E-state index in [0.717, 1.165) is 18.2 Å². The van der Waals surface area contributed by atoms with Gasteiger partial charge in [0.05, 0.1) is 0 Å². The van der Waals surface area contributed by atoms with Crippen LogP contribution < -0.4 is 10.5 Å². The van der Waals surface area contributed by atoms with Gasteiger partial charge in [-0.05, 0) is 32.4 Å². The van der Waals surface area contributed by atoms with Crippen molar-refractivity contribution in [1.29, 1.82) is 0 Å². The number of hydrogen-bond acceptors (Lipinski definition) is 4. The molecule has 94 valence electrons. The van der Waals surface area contributed by atoms with E-state index in [1.165, 1.54) is 12.8 Å². The van der Waals surface area contributed by atoms with Crippen molar-refractivity contribution < 1.29 is 4.74 Å². The topological polar surface area (TPSA) is 51.4 Å². The normalized spacial score (nSPS) is 17.2. The average Bonchev–Trinajstić information content (AvgIpc) is 3.13. The van der Waals surface area contributed by atoms with Crippen LogP contribution in [0.5, 0.6) is 5.88 Å². The summed E-state index contributed by atoms with van der Waals surface area (Å²) in [6.45, 7) is 3.60. The Kier molecular flexibility index (Phi) is 3.97. The van der Waals surface area contributed by atoms with E-state index in [1.807, 2.05) is 19.1 Å². The second-order valence-corrected chi connectivity index (χ2v) is 4.78. The molecule has 17 heavy (non-hydrogen) atoms. The summed E-state index contributed by atoms with van der Waals surface area (Å²) in [7, 11) is 2.15. The molecule has 1 saturated carbocycles. The summed E-state index contributed by atoms with van der Waals surface area (Å²) < 4.78 is 5.60. The zero-order valence-corrected chi connectivity index (χ0v) is 10.6. The molecule has 2 rings (SSSR count). The Morgan fingerprint density at radius 1 is 1.53 bits per heavy atom. The maximum absolute atomic E-state index is 5.76. The van der Waals surface area contributed by atoms with Crippen LogP contribution in [0.1, 0.15) is 31.4 Å². The van der Waals surface area contributed by atoms with Gasteiger partial charge in [-0.15, -0.1) is 0 Å². The molecular weight excluding hydrogens is 214 g/mol. The molecule has 0 aliphatic heterocycles. The summed E-state index contributed by atoms with van der Waals surface area (Å²) >= 11 is 0. The number of nitrogens with two attached hydrogens (primary N) is 1. The van der Waals surface area contributed by atoms with Gasteiger partial charge in [-0.25, -0.2) is 4.98 Å². The summed E-state index contributed by atoms with van der Waals surface area (Å²) in [5, 5.41) is 0. The van der Waals surface area contributed by atoms with Crippen LogP contribution in [-0.4, -0.2) is 36.1 Å². The van der Waals surface area contributed by atoms with Crippen molar-refractivity contribution in [2.24, 2.45) is 5.73 Å². The molecule has 4 heteroatoms. The molecule has 0 unspecified atom stereocenters. The average molecular weight is 235 g/mol. The van der Waals surface area contributed by atoms with E-state index in [9.17, 15) is 0 Å². The third-order valence-corrected chi connectivity index (χ3v) is 3.15. The second-order valence-electron chi connectivity index (χ2n) is 4.78. The molecule has 0 amide bonds. The monoisotopic (exact) mass is 235 g/mol. The molecule has 1 aromatic heterocycles. The van der Waals surface area contributed by atoms with Gasteiger partial charge in [0.1, 0.15) is 6.61 Å². The lowest BCUT2D eigenvalue weighted by Gasteiger charge is -2.15. The molecule has 1 aromatic rings. The predicted molar refractivity (Wildman–Crippen MR) is 68.0 cm³/mol. The van der Waals surface area contributed by atoms with Gasteiger partial charge in [0.25, 0.3) is 0 Å². The number of rotatable bonds is 6. The Hall–Kier alpha value is -1.13. The first-order chi connectivity index (χ1) is 8.16. The van der Waals surface area contributed by atoms with Gasteiger partial charge in [0.15, 0.2) is 0 Å². The number of ether oxygens (including phenoxy) is 1. The van der Waals surface area contributed by atoms with Crippen LogP contribution in [-0.2, 0) is 0 Å². The summed E-state index contributed by atoms with van der Waals surface area (Å²) in [5.41, 5.74) is 6.79. The molecule has 0 aromatic carbocycles. The highest BCUT2D eigenvalue weighted by molar-refractivity contribution is 5.19. The lowest BCUT2D eigenvalue weighted by molar-refractivity contribution is 0.226. The van der Waals surface area contributed by atoms with Crippen molar-refractivity contribution in [2.45, 2.75) is 31.8 Å². The first-order valence-electron chi connectivity index (χ1n) is 6.21. The minimum Gasteiger partial charge on any atom is -0.476 e. The molecule has 2 N–H and O–H groups in total. The maximum atomic E-state index is 5.76. The molecular formula is C13H21N3O. The number of likely N-dealkylation sites (N-methyl/N-ethyl adjacent to an activating group) is 1. The molecule has 1 aliphatic rings. The quantitative estimate of drug-likeness (QED) is 0.813. The standard InChI is InChI=1S/C13H21N3O/c1-10(14)11-3-6-13(15-9-11)17-8-7-16(2)12-4-5-12/h3,6,9-10,12H,4-5,7-8,14H2,1-2H3/t10-/m0/s1. The molecule has 1 heterocycles. The van der Waals surface area contributed by atoms with Gasteiger partial charge in [-0.2, -0.15) is 0 Å². The van der Waals surface area contributed by atoms with Crippen LogP contribution in [0.25, 0.3) is 0 Å². The van der Waals surface area contributed by atoms with Gasteiger partial charge >= 0.3 is 0 Å². The van der Waals surface area contributed by atoms with Gasteiger partial charge in [0.2, 0.25) is 5.88 Å². The highest BCUT2D eigenvalue weighted by Gasteiger charge is 2.25. The molecule has 4 nitrogen and oxygen atoms in total. The lowest BCUT2D eigenvalue weighted by atomic mass is 10.2. The van der Waals surface area contributed by atoms with Gasteiger partial charge < -0.3 is 15.4 Å². The van der Waals surface area contributed by atoms with E-state index in [0.29, 0.717) is 12.5 Å². The number of aromatic nitrogens is 1. The van der Waals surface area contributed by atoms with E-state index >= 15 is 0 Å². The Morgan fingerprint density at radius 2 is 2.29 bits per heavy atom. The fourth-order valence-corrected chi connectivity index (χ4v) is 1.74. The molecule has 0 radical (unpaired) electrons. The molecule has 0 spiro atoms. The Labute approximate surface area is 103 Å². The molecule has 1 aliphatic carbocycles. The third-order valence-electron chi connectivity index (χ3n) is 3.15. The summed E-state index contributed by atoms with van der Waals surface area (Å²) in [5.74, 6) is 0.679. The highest BCUT2D eigenvalue weighted by Crippen LogP contribution is 2.24. The zero-order chi connectivity index (χ0) is 12.3.